The van der Waals surface area contributed by atoms with Crippen molar-refractivity contribution in [2.75, 3.05) is 24.5 Å². The third-order valence-electron chi connectivity index (χ3n) is 5.38. The van der Waals surface area contributed by atoms with E-state index in [9.17, 15) is 9.59 Å². The van der Waals surface area contributed by atoms with E-state index in [-0.39, 0.29) is 11.6 Å². The first-order valence-electron chi connectivity index (χ1n) is 9.23. The summed E-state index contributed by atoms with van der Waals surface area (Å²) in [5.74, 6) is 0.951. The zero-order valence-electron chi connectivity index (χ0n) is 15.1. The molecular weight excluding hydrogens is 344 g/mol. The molecule has 1 amide bonds. The molecule has 0 atom stereocenters. The van der Waals surface area contributed by atoms with Crippen molar-refractivity contribution < 1.29 is 4.79 Å². The lowest BCUT2D eigenvalue weighted by Crippen LogP contribution is -2.42. The van der Waals surface area contributed by atoms with Crippen molar-refractivity contribution in [1.29, 1.82) is 0 Å². The molecule has 5 heterocycles. The molecule has 0 saturated carbocycles. The minimum absolute atomic E-state index is 0.0722. The summed E-state index contributed by atoms with van der Waals surface area (Å²) in [6, 6.07) is 5.79. The minimum atomic E-state index is -0.164. The van der Waals surface area contributed by atoms with Crippen LogP contribution in [0.5, 0.6) is 0 Å². The van der Waals surface area contributed by atoms with Gasteiger partial charge >= 0.3 is 5.69 Å². The molecule has 0 bridgehead atoms. The number of nitrogens with zero attached hydrogens (tertiary/aromatic N) is 6. The van der Waals surface area contributed by atoms with Gasteiger partial charge in [-0.2, -0.15) is 5.10 Å². The molecule has 3 aromatic heterocycles. The quantitative estimate of drug-likeness (QED) is 0.686. The Kier molecular flexibility index (Phi) is 3.53. The Balaban J connectivity index is 1.52. The summed E-state index contributed by atoms with van der Waals surface area (Å²) in [6.07, 6.45) is 6.40. The molecule has 8 nitrogen and oxygen atoms in total. The maximum Gasteiger partial charge on any atom is 0.350 e. The van der Waals surface area contributed by atoms with Crippen LogP contribution < -0.4 is 10.6 Å². The van der Waals surface area contributed by atoms with Crippen molar-refractivity contribution in [1.82, 2.24) is 24.1 Å². The predicted octanol–water partition coefficient (Wildman–Crippen LogP) is 1.36. The van der Waals surface area contributed by atoms with Crippen LogP contribution in [0.2, 0.25) is 0 Å². The summed E-state index contributed by atoms with van der Waals surface area (Å²) in [7, 11) is 1.64. The molecule has 0 aliphatic carbocycles. The fraction of sp³-hybridized carbons (Fsp3) is 0.368. The van der Waals surface area contributed by atoms with Crippen LogP contribution in [0.4, 0.5) is 11.5 Å². The van der Waals surface area contributed by atoms with E-state index in [2.05, 4.69) is 15.0 Å². The van der Waals surface area contributed by atoms with Gasteiger partial charge in [-0.3, -0.25) is 9.20 Å². The number of amides is 1. The largest absolute Gasteiger partial charge is 0.350 e. The highest BCUT2D eigenvalue weighted by Crippen LogP contribution is 2.32. The Morgan fingerprint density at radius 2 is 2.00 bits per heavy atom. The molecule has 8 heteroatoms. The summed E-state index contributed by atoms with van der Waals surface area (Å²) >= 11 is 0. The number of aromatic nitrogens is 4. The summed E-state index contributed by atoms with van der Waals surface area (Å²) in [6.45, 7) is 2.52. The van der Waals surface area contributed by atoms with Crippen LogP contribution in [0.3, 0.4) is 0 Å². The molecule has 1 fully saturated rings. The number of hydrogen-bond acceptors (Lipinski definition) is 5. The molecule has 0 aromatic carbocycles. The van der Waals surface area contributed by atoms with Gasteiger partial charge in [0.05, 0.1) is 5.56 Å². The topological polar surface area (TPSA) is 75.7 Å². The van der Waals surface area contributed by atoms with Gasteiger partial charge in [0.2, 0.25) is 0 Å². The molecular formula is C19H20N6O2. The van der Waals surface area contributed by atoms with E-state index in [1.165, 1.54) is 9.08 Å². The average Bonchev–Trinajstić information content (AvgIpc) is 2.92. The number of carbonyl (C=O) groups is 1. The summed E-state index contributed by atoms with van der Waals surface area (Å²) in [5.41, 5.74) is 3.15. The van der Waals surface area contributed by atoms with Gasteiger partial charge in [0.15, 0.2) is 5.65 Å². The van der Waals surface area contributed by atoms with Gasteiger partial charge in [-0.15, -0.1) is 0 Å². The van der Waals surface area contributed by atoms with Crippen LogP contribution in [0, 0.1) is 0 Å². The van der Waals surface area contributed by atoms with Crippen LogP contribution in [0.15, 0.2) is 35.4 Å². The smallest absolute Gasteiger partial charge is 0.338 e. The number of pyridine rings is 2. The highest BCUT2D eigenvalue weighted by Gasteiger charge is 2.25. The molecule has 1 saturated heterocycles. The second-order valence-corrected chi connectivity index (χ2v) is 7.13. The second kappa shape index (κ2) is 5.94. The Morgan fingerprint density at radius 1 is 1.15 bits per heavy atom. The standard InChI is InChI=1S/C19H20N6O2/c1-22-19(27)25-9-5-15(11-16(25)21-22)24-8-2-4-13-10-14(12-20-17(13)24)18(26)23-6-3-7-23/h5,9-12H,2-4,6-8H2,1H3. The van der Waals surface area contributed by atoms with Crippen molar-refractivity contribution in [3.05, 3.63) is 52.2 Å². The first-order chi connectivity index (χ1) is 13.1. The number of likely N-dealkylation sites (tertiary alicyclic amines) is 1. The van der Waals surface area contributed by atoms with Crippen LogP contribution in [0.1, 0.15) is 28.8 Å². The molecule has 27 heavy (non-hydrogen) atoms. The van der Waals surface area contributed by atoms with Gasteiger partial charge in [0.1, 0.15) is 5.82 Å². The first-order valence-corrected chi connectivity index (χ1v) is 9.23. The lowest BCUT2D eigenvalue weighted by molar-refractivity contribution is 0.0651. The maximum atomic E-state index is 12.5. The first kappa shape index (κ1) is 16.0. The Bertz CT molecular complexity index is 1110. The monoisotopic (exact) mass is 364 g/mol. The summed E-state index contributed by atoms with van der Waals surface area (Å²) < 4.78 is 2.85. The van der Waals surface area contributed by atoms with E-state index in [1.807, 2.05) is 23.1 Å². The Labute approximate surface area is 155 Å². The van der Waals surface area contributed by atoms with E-state index in [1.54, 1.807) is 19.4 Å². The zero-order valence-corrected chi connectivity index (χ0v) is 15.1. The van der Waals surface area contributed by atoms with E-state index >= 15 is 0 Å². The van der Waals surface area contributed by atoms with Crippen molar-refractivity contribution >= 4 is 23.1 Å². The van der Waals surface area contributed by atoms with Crippen LogP contribution >= 0.6 is 0 Å². The van der Waals surface area contributed by atoms with Crippen molar-refractivity contribution in [3.8, 4) is 0 Å². The SMILES string of the molecule is Cn1nc2cc(N3CCCc4cc(C(=O)N5CCC5)cnc43)ccn2c1=O. The molecule has 0 radical (unpaired) electrons. The minimum Gasteiger partial charge on any atom is -0.338 e. The molecule has 0 N–H and O–H groups in total. The number of hydrogen-bond donors (Lipinski definition) is 0. The second-order valence-electron chi connectivity index (χ2n) is 7.13. The van der Waals surface area contributed by atoms with Gasteiger partial charge in [0, 0.05) is 50.8 Å². The van der Waals surface area contributed by atoms with Crippen LogP contribution in [0.25, 0.3) is 5.65 Å². The Morgan fingerprint density at radius 3 is 2.78 bits per heavy atom. The number of rotatable bonds is 2. The zero-order chi connectivity index (χ0) is 18.5. The van der Waals surface area contributed by atoms with Crippen molar-refractivity contribution in [2.45, 2.75) is 19.3 Å². The molecule has 3 aromatic rings. The lowest BCUT2D eigenvalue weighted by Gasteiger charge is -2.32. The van der Waals surface area contributed by atoms with Crippen molar-refractivity contribution in [2.24, 2.45) is 7.05 Å². The van der Waals surface area contributed by atoms with Gasteiger partial charge in [-0.1, -0.05) is 0 Å². The molecule has 0 unspecified atom stereocenters. The maximum absolute atomic E-state index is 12.5. The fourth-order valence-corrected chi connectivity index (χ4v) is 3.77. The van der Waals surface area contributed by atoms with Crippen molar-refractivity contribution in [3.63, 3.8) is 0 Å². The molecule has 138 valence electrons. The third kappa shape index (κ3) is 2.51. The lowest BCUT2D eigenvalue weighted by atomic mass is 10.0. The van der Waals surface area contributed by atoms with Crippen LogP contribution in [-0.4, -0.2) is 49.6 Å². The molecule has 2 aliphatic rings. The van der Waals surface area contributed by atoms with Gasteiger partial charge < -0.3 is 9.80 Å². The predicted molar refractivity (Wildman–Crippen MR) is 101 cm³/mol. The third-order valence-corrected chi connectivity index (χ3v) is 5.38. The molecule has 2 aliphatic heterocycles. The number of aryl methyl sites for hydroxylation is 2. The Hall–Kier alpha value is -3.16. The van der Waals surface area contributed by atoms with E-state index in [4.69, 9.17) is 0 Å². The molecule has 5 rings (SSSR count). The highest BCUT2D eigenvalue weighted by molar-refractivity contribution is 5.95. The van der Waals surface area contributed by atoms with E-state index in [0.29, 0.717) is 11.2 Å². The number of anilines is 2. The number of carbonyl (C=O) groups excluding carboxylic acids is 1. The molecule has 0 spiro atoms. The average molecular weight is 364 g/mol. The highest BCUT2D eigenvalue weighted by atomic mass is 16.2. The van der Waals surface area contributed by atoms with E-state index < -0.39 is 0 Å². The summed E-state index contributed by atoms with van der Waals surface area (Å²) in [5, 5.41) is 4.27. The van der Waals surface area contributed by atoms with E-state index in [0.717, 1.165) is 56.0 Å². The fourth-order valence-electron chi connectivity index (χ4n) is 3.77. The van der Waals surface area contributed by atoms with Gasteiger partial charge in [-0.25, -0.2) is 14.5 Å². The van der Waals surface area contributed by atoms with Crippen LogP contribution in [-0.2, 0) is 13.5 Å². The van der Waals surface area contributed by atoms with Gasteiger partial charge in [-0.05, 0) is 37.0 Å². The summed E-state index contributed by atoms with van der Waals surface area (Å²) in [4.78, 5) is 33.1. The van der Waals surface area contributed by atoms with Gasteiger partial charge in [0.25, 0.3) is 5.91 Å². The normalized spacial score (nSPS) is 16.3. The number of fused-ring (bicyclic) bond motifs is 2.